The van der Waals surface area contributed by atoms with E-state index in [-0.39, 0.29) is 12.5 Å². The molecule has 3 N–H and O–H groups in total. The number of nitrogens with two attached hydrogens (primary N) is 1. The Morgan fingerprint density at radius 1 is 1.03 bits per heavy atom. The van der Waals surface area contributed by atoms with Crippen molar-refractivity contribution in [3.05, 3.63) is 65.2 Å². The Bertz CT molecular complexity index is 886. The molecule has 0 aromatic heterocycles. The minimum Gasteiger partial charge on any atom is -0.484 e. The summed E-state index contributed by atoms with van der Waals surface area (Å²) in [5, 5.41) is 9.33. The van der Waals surface area contributed by atoms with E-state index in [2.05, 4.69) is 0 Å². The van der Waals surface area contributed by atoms with Crippen molar-refractivity contribution >= 4 is 17.8 Å². The molecule has 1 aliphatic heterocycles. The maximum Gasteiger partial charge on any atom is 0.335 e. The van der Waals surface area contributed by atoms with Crippen molar-refractivity contribution in [3.63, 3.8) is 0 Å². The van der Waals surface area contributed by atoms with Crippen molar-refractivity contribution in [2.24, 2.45) is 11.7 Å². The highest BCUT2D eigenvalue weighted by atomic mass is 16.5. The summed E-state index contributed by atoms with van der Waals surface area (Å²) in [5.41, 5.74) is 6.80. The molecule has 2 amide bonds. The normalized spacial score (nSPS) is 14.4. The van der Waals surface area contributed by atoms with Crippen LogP contribution in [-0.4, -0.2) is 47.5 Å². The first-order chi connectivity index (χ1) is 13.9. The van der Waals surface area contributed by atoms with Gasteiger partial charge in [-0.3, -0.25) is 9.59 Å². The largest absolute Gasteiger partial charge is 0.484 e. The number of rotatable bonds is 7. The summed E-state index contributed by atoms with van der Waals surface area (Å²) in [5.74, 6) is -0.674. The highest BCUT2D eigenvalue weighted by Gasteiger charge is 2.25. The fourth-order valence-electron chi connectivity index (χ4n) is 3.59. The third kappa shape index (κ3) is 5.34. The van der Waals surface area contributed by atoms with Gasteiger partial charge < -0.3 is 20.5 Å². The van der Waals surface area contributed by atoms with Gasteiger partial charge in [0, 0.05) is 18.7 Å². The summed E-state index contributed by atoms with van der Waals surface area (Å²) < 4.78 is 5.20. The highest BCUT2D eigenvalue weighted by Crippen LogP contribution is 2.25. The molecule has 1 heterocycles. The number of carbonyl (C=O) groups is 3. The fraction of sp³-hybridized carbons (Fsp3) is 0.318. The molecular weight excluding hydrogens is 372 g/mol. The van der Waals surface area contributed by atoms with E-state index in [4.69, 9.17) is 10.5 Å². The molecule has 0 saturated carbocycles. The number of carboxylic acids is 1. The van der Waals surface area contributed by atoms with E-state index < -0.39 is 11.9 Å². The van der Waals surface area contributed by atoms with Gasteiger partial charge in [0.05, 0.1) is 5.56 Å². The molecule has 0 bridgehead atoms. The summed E-state index contributed by atoms with van der Waals surface area (Å²) in [6.45, 7) is 1.07. The molecule has 1 saturated heterocycles. The zero-order valence-corrected chi connectivity index (χ0v) is 16.0. The van der Waals surface area contributed by atoms with Gasteiger partial charge in [0.1, 0.15) is 5.75 Å². The van der Waals surface area contributed by atoms with Crippen molar-refractivity contribution in [3.8, 4) is 5.75 Å². The van der Waals surface area contributed by atoms with E-state index in [9.17, 15) is 19.5 Å². The lowest BCUT2D eigenvalue weighted by Gasteiger charge is -2.32. The van der Waals surface area contributed by atoms with Crippen molar-refractivity contribution in [2.75, 3.05) is 19.7 Å². The molecule has 0 aliphatic carbocycles. The van der Waals surface area contributed by atoms with Crippen LogP contribution in [0.3, 0.4) is 0 Å². The van der Waals surface area contributed by atoms with Gasteiger partial charge in [-0.15, -0.1) is 0 Å². The molecule has 152 valence electrons. The summed E-state index contributed by atoms with van der Waals surface area (Å²) >= 11 is 0. The smallest absolute Gasteiger partial charge is 0.335 e. The van der Waals surface area contributed by atoms with Crippen LogP contribution in [0.15, 0.2) is 48.5 Å². The number of aromatic carboxylic acids is 1. The van der Waals surface area contributed by atoms with Crippen LogP contribution in [0.4, 0.5) is 0 Å². The molecule has 0 unspecified atom stereocenters. The lowest BCUT2D eigenvalue weighted by molar-refractivity contribution is -0.119. The van der Waals surface area contributed by atoms with Crippen LogP contribution in [0.2, 0.25) is 0 Å². The summed E-state index contributed by atoms with van der Waals surface area (Å²) in [7, 11) is 0. The number of benzene rings is 2. The quantitative estimate of drug-likeness (QED) is 0.746. The monoisotopic (exact) mass is 396 g/mol. The van der Waals surface area contributed by atoms with Gasteiger partial charge in [0.15, 0.2) is 6.61 Å². The van der Waals surface area contributed by atoms with E-state index in [0.29, 0.717) is 42.3 Å². The summed E-state index contributed by atoms with van der Waals surface area (Å²) in [4.78, 5) is 36.7. The third-order valence-corrected chi connectivity index (χ3v) is 5.14. The van der Waals surface area contributed by atoms with Gasteiger partial charge in [-0.1, -0.05) is 18.2 Å². The first-order valence-corrected chi connectivity index (χ1v) is 9.55. The molecule has 1 aliphatic rings. The predicted molar refractivity (Wildman–Crippen MR) is 107 cm³/mol. The maximum atomic E-state index is 12.7. The highest BCUT2D eigenvalue weighted by molar-refractivity contribution is 5.94. The number of ether oxygens (including phenoxy) is 1. The fourth-order valence-corrected chi connectivity index (χ4v) is 3.59. The molecule has 1 fully saturated rings. The predicted octanol–water partition coefficient (Wildman–Crippen LogP) is 2.34. The molecule has 0 radical (unpaired) electrons. The molecular formula is C22H24N2O5. The number of piperidine rings is 1. The Labute approximate surface area is 169 Å². The minimum absolute atomic E-state index is 0.0455. The standard InChI is InChI=1S/C22H24N2O5/c23-20(25)14-29-18-7-5-16(6-8-18)21(26)24-11-9-15(10-12-24)13-17-3-1-2-4-19(17)22(27)28/h1-8,15H,9-14H2,(H2,23,25)(H,27,28). The van der Waals surface area contributed by atoms with Crippen LogP contribution in [-0.2, 0) is 11.2 Å². The van der Waals surface area contributed by atoms with Crippen LogP contribution < -0.4 is 10.5 Å². The van der Waals surface area contributed by atoms with Gasteiger partial charge in [-0.05, 0) is 61.1 Å². The number of amides is 2. The lowest BCUT2D eigenvalue weighted by Crippen LogP contribution is -2.39. The van der Waals surface area contributed by atoms with Crippen LogP contribution in [0.1, 0.15) is 39.1 Å². The van der Waals surface area contributed by atoms with E-state index in [0.717, 1.165) is 18.4 Å². The van der Waals surface area contributed by atoms with E-state index >= 15 is 0 Å². The van der Waals surface area contributed by atoms with Crippen molar-refractivity contribution in [2.45, 2.75) is 19.3 Å². The van der Waals surface area contributed by atoms with Gasteiger partial charge >= 0.3 is 5.97 Å². The van der Waals surface area contributed by atoms with Crippen LogP contribution in [0.25, 0.3) is 0 Å². The first-order valence-electron chi connectivity index (χ1n) is 9.55. The molecule has 0 atom stereocenters. The average molecular weight is 396 g/mol. The average Bonchev–Trinajstić information content (AvgIpc) is 2.73. The summed E-state index contributed by atoms with van der Waals surface area (Å²) in [6, 6.07) is 13.7. The van der Waals surface area contributed by atoms with E-state index in [1.54, 1.807) is 36.4 Å². The Kier molecular flexibility index (Phi) is 6.49. The number of nitrogens with zero attached hydrogens (tertiary/aromatic N) is 1. The summed E-state index contributed by atoms with van der Waals surface area (Å²) in [6.07, 6.45) is 2.37. The lowest BCUT2D eigenvalue weighted by atomic mass is 9.88. The maximum absolute atomic E-state index is 12.7. The van der Waals surface area contributed by atoms with Crippen LogP contribution >= 0.6 is 0 Å². The molecule has 7 nitrogen and oxygen atoms in total. The SMILES string of the molecule is NC(=O)COc1ccc(C(=O)N2CCC(Cc3ccccc3C(=O)O)CC2)cc1. The molecule has 0 spiro atoms. The van der Waals surface area contributed by atoms with Crippen molar-refractivity contribution in [1.82, 2.24) is 4.90 Å². The molecule has 2 aromatic rings. The van der Waals surface area contributed by atoms with Crippen LogP contribution in [0, 0.1) is 5.92 Å². The first kappa shape index (κ1) is 20.4. The number of carboxylic acid groups (broad SMARTS) is 1. The number of hydrogen-bond donors (Lipinski definition) is 2. The van der Waals surface area contributed by atoms with E-state index in [1.165, 1.54) is 0 Å². The number of hydrogen-bond acceptors (Lipinski definition) is 4. The zero-order valence-electron chi connectivity index (χ0n) is 16.0. The Balaban J connectivity index is 1.54. The Hall–Kier alpha value is -3.35. The topological polar surface area (TPSA) is 110 Å². The molecule has 3 rings (SSSR count). The third-order valence-electron chi connectivity index (χ3n) is 5.14. The number of likely N-dealkylation sites (tertiary alicyclic amines) is 1. The van der Waals surface area contributed by atoms with Gasteiger partial charge in [0.25, 0.3) is 11.8 Å². The van der Waals surface area contributed by atoms with Gasteiger partial charge in [-0.25, -0.2) is 4.79 Å². The molecule has 2 aromatic carbocycles. The van der Waals surface area contributed by atoms with E-state index in [1.807, 2.05) is 17.0 Å². The molecule has 29 heavy (non-hydrogen) atoms. The van der Waals surface area contributed by atoms with Gasteiger partial charge in [-0.2, -0.15) is 0 Å². The zero-order chi connectivity index (χ0) is 20.8. The van der Waals surface area contributed by atoms with Crippen LogP contribution in [0.5, 0.6) is 5.75 Å². The number of primary amides is 1. The Morgan fingerprint density at radius 3 is 2.31 bits per heavy atom. The van der Waals surface area contributed by atoms with Crippen molar-refractivity contribution < 1.29 is 24.2 Å². The Morgan fingerprint density at radius 2 is 1.69 bits per heavy atom. The number of carbonyl (C=O) groups excluding carboxylic acids is 2. The second-order valence-electron chi connectivity index (χ2n) is 7.18. The molecule has 7 heteroatoms. The van der Waals surface area contributed by atoms with Gasteiger partial charge in [0.2, 0.25) is 0 Å². The second-order valence-corrected chi connectivity index (χ2v) is 7.18. The van der Waals surface area contributed by atoms with Crippen molar-refractivity contribution in [1.29, 1.82) is 0 Å². The minimum atomic E-state index is -0.906. The second kappa shape index (κ2) is 9.23.